The van der Waals surface area contributed by atoms with Gasteiger partial charge in [0.15, 0.2) is 0 Å². The monoisotopic (exact) mass is 287 g/mol. The van der Waals surface area contributed by atoms with E-state index in [1.165, 1.54) is 0 Å². The molecule has 1 heterocycles. The number of anilines is 1. The van der Waals surface area contributed by atoms with Crippen molar-refractivity contribution in [2.75, 3.05) is 38.9 Å². The molecule has 0 aliphatic carbocycles. The van der Waals surface area contributed by atoms with Crippen LogP contribution in [0, 0.1) is 0 Å². The van der Waals surface area contributed by atoms with E-state index in [4.69, 9.17) is 26.8 Å². The van der Waals surface area contributed by atoms with Gasteiger partial charge in [-0.1, -0.05) is 11.6 Å². The molecule has 1 rings (SSSR count). The highest BCUT2D eigenvalue weighted by Gasteiger charge is 2.18. The Morgan fingerprint density at radius 2 is 2.16 bits per heavy atom. The van der Waals surface area contributed by atoms with Crippen molar-refractivity contribution in [3.05, 3.63) is 22.8 Å². The Morgan fingerprint density at radius 3 is 2.68 bits per heavy atom. The molecule has 0 fully saturated rings. The van der Waals surface area contributed by atoms with Crippen LogP contribution in [0.3, 0.4) is 0 Å². The van der Waals surface area contributed by atoms with Gasteiger partial charge in [0, 0.05) is 33.5 Å². The first-order chi connectivity index (χ1) is 9.13. The standard InChI is InChI=1S/C13H22ClN3O2/c1-10(9-19-3)17(4-5-18-2)13-12(14)6-11(7-15)8-16-13/h6,8,10H,4-5,7,9,15H2,1-3H3. The van der Waals surface area contributed by atoms with Crippen LogP contribution in [-0.2, 0) is 16.0 Å². The van der Waals surface area contributed by atoms with E-state index in [0.717, 1.165) is 11.4 Å². The second kappa shape index (κ2) is 8.32. The molecule has 0 saturated carbocycles. The van der Waals surface area contributed by atoms with E-state index in [1.54, 1.807) is 20.4 Å². The third-order valence-electron chi connectivity index (χ3n) is 2.86. The summed E-state index contributed by atoms with van der Waals surface area (Å²) < 4.78 is 10.3. The maximum atomic E-state index is 6.28. The number of nitrogens with two attached hydrogens (primary N) is 1. The third-order valence-corrected chi connectivity index (χ3v) is 3.14. The molecule has 6 heteroatoms. The van der Waals surface area contributed by atoms with Gasteiger partial charge in [-0.15, -0.1) is 0 Å². The van der Waals surface area contributed by atoms with Crippen LogP contribution in [-0.4, -0.2) is 45.0 Å². The molecular formula is C13H22ClN3O2. The minimum Gasteiger partial charge on any atom is -0.383 e. The van der Waals surface area contributed by atoms with Gasteiger partial charge in [0.05, 0.1) is 24.3 Å². The lowest BCUT2D eigenvalue weighted by molar-refractivity contribution is 0.170. The predicted molar refractivity (Wildman–Crippen MR) is 77.7 cm³/mol. The molecule has 0 bridgehead atoms. The van der Waals surface area contributed by atoms with Crippen molar-refractivity contribution in [1.29, 1.82) is 0 Å². The number of hydrogen-bond acceptors (Lipinski definition) is 5. The van der Waals surface area contributed by atoms with Gasteiger partial charge in [-0.25, -0.2) is 4.98 Å². The molecule has 5 nitrogen and oxygen atoms in total. The lowest BCUT2D eigenvalue weighted by atomic mass is 10.2. The van der Waals surface area contributed by atoms with Gasteiger partial charge in [0.2, 0.25) is 0 Å². The summed E-state index contributed by atoms with van der Waals surface area (Å²) in [6, 6.07) is 2.01. The summed E-state index contributed by atoms with van der Waals surface area (Å²) in [6.07, 6.45) is 1.75. The van der Waals surface area contributed by atoms with E-state index in [-0.39, 0.29) is 6.04 Å². The molecule has 1 unspecified atom stereocenters. The van der Waals surface area contributed by atoms with Crippen molar-refractivity contribution < 1.29 is 9.47 Å². The Hall–Kier alpha value is -0.880. The lowest BCUT2D eigenvalue weighted by Gasteiger charge is -2.30. The number of methoxy groups -OCH3 is 2. The fourth-order valence-corrected chi connectivity index (χ4v) is 2.15. The first-order valence-electron chi connectivity index (χ1n) is 6.23. The smallest absolute Gasteiger partial charge is 0.147 e. The van der Waals surface area contributed by atoms with Crippen LogP contribution < -0.4 is 10.6 Å². The number of hydrogen-bond donors (Lipinski definition) is 1. The quantitative estimate of drug-likeness (QED) is 0.788. The van der Waals surface area contributed by atoms with Crippen molar-refractivity contribution in [3.8, 4) is 0 Å². The Kier molecular flexibility index (Phi) is 7.09. The van der Waals surface area contributed by atoms with Crippen LogP contribution in [0.1, 0.15) is 12.5 Å². The van der Waals surface area contributed by atoms with Gasteiger partial charge in [-0.3, -0.25) is 0 Å². The zero-order valence-corrected chi connectivity index (χ0v) is 12.5. The largest absolute Gasteiger partial charge is 0.383 e. The maximum Gasteiger partial charge on any atom is 0.147 e. The summed E-state index contributed by atoms with van der Waals surface area (Å²) in [5.74, 6) is 0.737. The maximum absolute atomic E-state index is 6.28. The number of pyridine rings is 1. The molecule has 0 aliphatic heterocycles. The van der Waals surface area contributed by atoms with E-state index in [9.17, 15) is 0 Å². The van der Waals surface area contributed by atoms with E-state index >= 15 is 0 Å². The first kappa shape index (κ1) is 16.2. The van der Waals surface area contributed by atoms with Crippen LogP contribution >= 0.6 is 11.6 Å². The highest BCUT2D eigenvalue weighted by atomic mass is 35.5. The minimum atomic E-state index is 0.161. The third kappa shape index (κ3) is 4.62. The Labute approximate surface area is 119 Å². The highest BCUT2D eigenvalue weighted by molar-refractivity contribution is 6.33. The SMILES string of the molecule is COCCN(c1ncc(CN)cc1Cl)C(C)COC. The van der Waals surface area contributed by atoms with Crippen molar-refractivity contribution in [1.82, 2.24) is 4.98 Å². The van der Waals surface area contributed by atoms with Crippen LogP contribution in [0.25, 0.3) is 0 Å². The van der Waals surface area contributed by atoms with Gasteiger partial charge in [0.1, 0.15) is 5.82 Å². The van der Waals surface area contributed by atoms with Crippen LogP contribution in [0.4, 0.5) is 5.82 Å². The summed E-state index contributed by atoms with van der Waals surface area (Å²) in [7, 11) is 3.35. The summed E-state index contributed by atoms with van der Waals surface area (Å²) >= 11 is 6.28. The Balaban J connectivity index is 2.95. The lowest BCUT2D eigenvalue weighted by Crippen LogP contribution is -2.39. The minimum absolute atomic E-state index is 0.161. The molecule has 0 aromatic carbocycles. The number of halogens is 1. The Morgan fingerprint density at radius 1 is 1.42 bits per heavy atom. The number of ether oxygens (including phenoxy) is 2. The molecule has 0 amide bonds. The van der Waals surface area contributed by atoms with Gasteiger partial charge in [0.25, 0.3) is 0 Å². The number of aromatic nitrogens is 1. The molecular weight excluding hydrogens is 266 g/mol. The zero-order chi connectivity index (χ0) is 14.3. The number of rotatable bonds is 8. The van der Waals surface area contributed by atoms with Gasteiger partial charge >= 0.3 is 0 Å². The average molecular weight is 288 g/mol. The fourth-order valence-electron chi connectivity index (χ4n) is 1.85. The molecule has 0 radical (unpaired) electrons. The topological polar surface area (TPSA) is 60.6 Å². The predicted octanol–water partition coefficient (Wildman–Crippen LogP) is 1.68. The molecule has 0 spiro atoms. The van der Waals surface area contributed by atoms with E-state index in [0.29, 0.717) is 31.3 Å². The molecule has 108 valence electrons. The molecule has 0 saturated heterocycles. The van der Waals surface area contributed by atoms with Crippen molar-refractivity contribution in [2.45, 2.75) is 19.5 Å². The second-order valence-corrected chi connectivity index (χ2v) is 4.75. The number of nitrogens with zero attached hydrogens (tertiary/aromatic N) is 2. The van der Waals surface area contributed by atoms with Crippen molar-refractivity contribution in [2.24, 2.45) is 5.73 Å². The highest BCUT2D eigenvalue weighted by Crippen LogP contribution is 2.25. The van der Waals surface area contributed by atoms with Crippen LogP contribution in [0.5, 0.6) is 0 Å². The van der Waals surface area contributed by atoms with Gasteiger partial charge in [-0.2, -0.15) is 0 Å². The molecule has 0 aliphatic rings. The van der Waals surface area contributed by atoms with Crippen molar-refractivity contribution in [3.63, 3.8) is 0 Å². The van der Waals surface area contributed by atoms with E-state index in [2.05, 4.69) is 16.8 Å². The molecule has 19 heavy (non-hydrogen) atoms. The molecule has 2 N–H and O–H groups in total. The summed E-state index contributed by atoms with van der Waals surface area (Å²) in [4.78, 5) is 6.49. The zero-order valence-electron chi connectivity index (χ0n) is 11.7. The normalized spacial score (nSPS) is 12.5. The van der Waals surface area contributed by atoms with E-state index < -0.39 is 0 Å². The van der Waals surface area contributed by atoms with Crippen molar-refractivity contribution >= 4 is 17.4 Å². The fraction of sp³-hybridized carbons (Fsp3) is 0.615. The van der Waals surface area contributed by atoms with Crippen LogP contribution in [0.15, 0.2) is 12.3 Å². The van der Waals surface area contributed by atoms with Gasteiger partial charge in [-0.05, 0) is 18.6 Å². The molecule has 1 aromatic rings. The summed E-state index contributed by atoms with van der Waals surface area (Å²) in [5.41, 5.74) is 6.50. The summed E-state index contributed by atoms with van der Waals surface area (Å²) in [6.45, 7) is 4.40. The Bertz CT molecular complexity index is 390. The molecule has 1 atom stereocenters. The van der Waals surface area contributed by atoms with Crippen LogP contribution in [0.2, 0.25) is 5.02 Å². The second-order valence-electron chi connectivity index (χ2n) is 4.34. The first-order valence-corrected chi connectivity index (χ1v) is 6.60. The summed E-state index contributed by atoms with van der Waals surface area (Å²) in [5, 5.41) is 0.599. The molecule has 1 aromatic heterocycles. The van der Waals surface area contributed by atoms with Gasteiger partial charge < -0.3 is 20.1 Å². The average Bonchev–Trinajstić information content (AvgIpc) is 2.40. The van der Waals surface area contributed by atoms with E-state index in [1.807, 2.05) is 6.07 Å².